The van der Waals surface area contributed by atoms with Gasteiger partial charge in [0, 0.05) is 16.8 Å². The number of nitrogens with one attached hydrogen (secondary N) is 1. The van der Waals surface area contributed by atoms with E-state index in [2.05, 4.69) is 17.2 Å². The first kappa shape index (κ1) is 15.6. The van der Waals surface area contributed by atoms with Crippen LogP contribution in [-0.2, 0) is 11.2 Å². The minimum absolute atomic E-state index is 0.0330. The van der Waals surface area contributed by atoms with Crippen molar-refractivity contribution in [3.8, 4) is 11.8 Å². The largest absolute Gasteiger partial charge is 0.326 e. The van der Waals surface area contributed by atoms with E-state index < -0.39 is 0 Å². The van der Waals surface area contributed by atoms with Crippen LogP contribution in [0.5, 0.6) is 0 Å². The van der Waals surface area contributed by atoms with Gasteiger partial charge in [0.25, 0.3) is 0 Å². The van der Waals surface area contributed by atoms with Gasteiger partial charge in [0.05, 0.1) is 6.42 Å². The van der Waals surface area contributed by atoms with Crippen molar-refractivity contribution in [2.24, 2.45) is 0 Å². The SMILES string of the molecule is O=C(Cc1ccccc1)Nc1cccc(C#Cc2ccccc2)c1. The number of carbonyl (C=O) groups is 1. The molecular weight excluding hydrogens is 294 g/mol. The predicted octanol–water partition coefficient (Wildman–Crippen LogP) is 4.27. The Bertz CT molecular complexity index is 874. The van der Waals surface area contributed by atoms with Crippen LogP contribution >= 0.6 is 0 Å². The summed E-state index contributed by atoms with van der Waals surface area (Å²) in [6, 6.07) is 27.1. The fourth-order valence-corrected chi connectivity index (χ4v) is 2.33. The van der Waals surface area contributed by atoms with Gasteiger partial charge in [0.1, 0.15) is 0 Å². The molecule has 0 saturated heterocycles. The minimum atomic E-state index is -0.0330. The molecule has 3 aromatic rings. The number of amides is 1. The normalized spacial score (nSPS) is 9.67. The van der Waals surface area contributed by atoms with Crippen molar-refractivity contribution in [3.05, 3.63) is 102 Å². The van der Waals surface area contributed by atoms with Gasteiger partial charge in [0.2, 0.25) is 5.91 Å². The Balaban J connectivity index is 1.67. The monoisotopic (exact) mass is 311 g/mol. The van der Waals surface area contributed by atoms with Crippen LogP contribution in [0.3, 0.4) is 0 Å². The molecule has 1 N–H and O–H groups in total. The molecule has 1 amide bonds. The van der Waals surface area contributed by atoms with E-state index in [1.807, 2.05) is 84.9 Å². The fourth-order valence-electron chi connectivity index (χ4n) is 2.33. The van der Waals surface area contributed by atoms with Gasteiger partial charge in [-0.1, -0.05) is 66.4 Å². The number of hydrogen-bond acceptors (Lipinski definition) is 1. The molecule has 2 heteroatoms. The summed E-state index contributed by atoms with van der Waals surface area (Å²) in [5.74, 6) is 6.21. The molecule has 116 valence electrons. The Morgan fingerprint density at radius 1 is 0.750 bits per heavy atom. The van der Waals surface area contributed by atoms with Crippen LogP contribution in [0.2, 0.25) is 0 Å². The Morgan fingerprint density at radius 2 is 1.38 bits per heavy atom. The standard InChI is InChI=1S/C22H17NO/c24-22(17-19-10-5-2-6-11-19)23-21-13-7-12-20(16-21)15-14-18-8-3-1-4-9-18/h1-13,16H,17H2,(H,23,24). The van der Waals surface area contributed by atoms with Crippen molar-refractivity contribution in [1.29, 1.82) is 0 Å². The molecule has 24 heavy (non-hydrogen) atoms. The lowest BCUT2D eigenvalue weighted by Crippen LogP contribution is -2.14. The van der Waals surface area contributed by atoms with Gasteiger partial charge in [-0.3, -0.25) is 4.79 Å². The topological polar surface area (TPSA) is 29.1 Å². The van der Waals surface area contributed by atoms with Gasteiger partial charge < -0.3 is 5.32 Å². The van der Waals surface area contributed by atoms with Crippen molar-refractivity contribution < 1.29 is 4.79 Å². The molecule has 0 spiro atoms. The van der Waals surface area contributed by atoms with Crippen molar-refractivity contribution in [3.63, 3.8) is 0 Å². The average molecular weight is 311 g/mol. The fraction of sp³-hybridized carbons (Fsp3) is 0.0455. The zero-order chi connectivity index (χ0) is 16.6. The maximum absolute atomic E-state index is 12.1. The summed E-state index contributed by atoms with van der Waals surface area (Å²) in [7, 11) is 0. The van der Waals surface area contributed by atoms with E-state index in [-0.39, 0.29) is 5.91 Å². The highest BCUT2D eigenvalue weighted by Crippen LogP contribution is 2.11. The lowest BCUT2D eigenvalue weighted by Gasteiger charge is -2.05. The molecule has 0 aliphatic carbocycles. The van der Waals surface area contributed by atoms with Gasteiger partial charge >= 0.3 is 0 Å². The third-order valence-electron chi connectivity index (χ3n) is 3.48. The Morgan fingerprint density at radius 3 is 2.12 bits per heavy atom. The zero-order valence-corrected chi connectivity index (χ0v) is 13.2. The number of hydrogen-bond donors (Lipinski definition) is 1. The quantitative estimate of drug-likeness (QED) is 0.719. The van der Waals surface area contributed by atoms with Crippen molar-refractivity contribution in [2.45, 2.75) is 6.42 Å². The molecule has 3 rings (SSSR count). The molecule has 0 atom stereocenters. The van der Waals surface area contributed by atoms with Gasteiger partial charge in [0.15, 0.2) is 0 Å². The summed E-state index contributed by atoms with van der Waals surface area (Å²) in [6.07, 6.45) is 0.362. The first-order valence-electron chi connectivity index (χ1n) is 7.80. The zero-order valence-electron chi connectivity index (χ0n) is 13.2. The lowest BCUT2D eigenvalue weighted by molar-refractivity contribution is -0.115. The van der Waals surface area contributed by atoms with Crippen LogP contribution in [0.1, 0.15) is 16.7 Å². The molecule has 0 saturated carbocycles. The Labute approximate surface area is 142 Å². The van der Waals surface area contributed by atoms with Gasteiger partial charge in [-0.05, 0) is 35.9 Å². The summed E-state index contributed by atoms with van der Waals surface area (Å²) in [6.45, 7) is 0. The van der Waals surface area contributed by atoms with Crippen molar-refractivity contribution >= 4 is 11.6 Å². The second kappa shape index (κ2) is 7.80. The van der Waals surface area contributed by atoms with Crippen LogP contribution in [0.15, 0.2) is 84.9 Å². The third-order valence-corrected chi connectivity index (χ3v) is 3.48. The Kier molecular flexibility index (Phi) is 5.07. The number of anilines is 1. The summed E-state index contributed by atoms with van der Waals surface area (Å²) < 4.78 is 0. The molecule has 0 aromatic heterocycles. The van der Waals surface area contributed by atoms with E-state index in [4.69, 9.17) is 0 Å². The predicted molar refractivity (Wildman–Crippen MR) is 97.6 cm³/mol. The molecule has 0 aliphatic rings. The van der Waals surface area contributed by atoms with Gasteiger partial charge in [-0.2, -0.15) is 0 Å². The number of carbonyl (C=O) groups excluding carboxylic acids is 1. The van der Waals surface area contributed by atoms with Crippen LogP contribution < -0.4 is 5.32 Å². The molecule has 0 unspecified atom stereocenters. The van der Waals surface area contributed by atoms with E-state index in [0.717, 1.165) is 22.4 Å². The van der Waals surface area contributed by atoms with E-state index >= 15 is 0 Å². The first-order chi connectivity index (χ1) is 11.8. The minimum Gasteiger partial charge on any atom is -0.326 e. The maximum atomic E-state index is 12.1. The highest BCUT2D eigenvalue weighted by molar-refractivity contribution is 5.92. The van der Waals surface area contributed by atoms with Crippen LogP contribution in [0.25, 0.3) is 0 Å². The molecule has 0 bridgehead atoms. The van der Waals surface area contributed by atoms with E-state index in [1.54, 1.807) is 0 Å². The van der Waals surface area contributed by atoms with E-state index in [9.17, 15) is 4.79 Å². The Hall–Kier alpha value is -3.31. The third kappa shape index (κ3) is 4.59. The second-order valence-electron chi connectivity index (χ2n) is 5.41. The summed E-state index contributed by atoms with van der Waals surface area (Å²) >= 11 is 0. The molecule has 0 fully saturated rings. The number of rotatable bonds is 3. The molecule has 0 heterocycles. The smallest absolute Gasteiger partial charge is 0.228 e. The van der Waals surface area contributed by atoms with Crippen LogP contribution in [0.4, 0.5) is 5.69 Å². The first-order valence-corrected chi connectivity index (χ1v) is 7.80. The van der Waals surface area contributed by atoms with E-state index in [0.29, 0.717) is 6.42 Å². The van der Waals surface area contributed by atoms with Gasteiger partial charge in [-0.25, -0.2) is 0 Å². The summed E-state index contributed by atoms with van der Waals surface area (Å²) in [5, 5.41) is 2.92. The molecule has 2 nitrogen and oxygen atoms in total. The van der Waals surface area contributed by atoms with Crippen molar-refractivity contribution in [2.75, 3.05) is 5.32 Å². The summed E-state index contributed by atoms with van der Waals surface area (Å²) in [5.41, 5.74) is 3.60. The van der Waals surface area contributed by atoms with Gasteiger partial charge in [-0.15, -0.1) is 0 Å². The molecule has 3 aromatic carbocycles. The summed E-state index contributed by atoms with van der Waals surface area (Å²) in [4.78, 5) is 12.1. The average Bonchev–Trinajstić information content (AvgIpc) is 2.62. The van der Waals surface area contributed by atoms with Crippen LogP contribution in [-0.4, -0.2) is 5.91 Å². The highest BCUT2D eigenvalue weighted by atomic mass is 16.1. The molecule has 0 aliphatic heterocycles. The highest BCUT2D eigenvalue weighted by Gasteiger charge is 2.03. The van der Waals surface area contributed by atoms with Crippen LogP contribution in [0, 0.1) is 11.8 Å². The van der Waals surface area contributed by atoms with Crippen molar-refractivity contribution in [1.82, 2.24) is 0 Å². The maximum Gasteiger partial charge on any atom is 0.228 e. The lowest BCUT2D eigenvalue weighted by atomic mass is 10.1. The molecule has 0 radical (unpaired) electrons. The van der Waals surface area contributed by atoms with E-state index in [1.165, 1.54) is 0 Å². The second-order valence-corrected chi connectivity index (χ2v) is 5.41. The molecular formula is C22H17NO. The number of benzene rings is 3.